The molecule has 6 heteroatoms. The number of rotatable bonds is 5. The number of nitrogens with zero attached hydrogens (tertiary/aromatic N) is 2. The first-order chi connectivity index (χ1) is 10.0. The van der Waals surface area contributed by atoms with E-state index in [0.29, 0.717) is 25.3 Å². The third kappa shape index (κ3) is 3.62. The fraction of sp³-hybridized carbons (Fsp3) is 0.667. The van der Waals surface area contributed by atoms with Gasteiger partial charge in [0.15, 0.2) is 6.61 Å². The molecular formula is C15H22N2O4. The second-order valence-electron chi connectivity index (χ2n) is 5.35. The van der Waals surface area contributed by atoms with Gasteiger partial charge in [-0.2, -0.15) is 0 Å². The van der Waals surface area contributed by atoms with E-state index in [9.17, 15) is 9.59 Å². The smallest absolute Gasteiger partial charge is 0.329 e. The number of hydrogen-bond donors (Lipinski definition) is 0. The van der Waals surface area contributed by atoms with Crippen LogP contribution in [-0.2, 0) is 20.9 Å². The Morgan fingerprint density at radius 2 is 2.19 bits per heavy atom. The second-order valence-corrected chi connectivity index (χ2v) is 5.35. The van der Waals surface area contributed by atoms with Crippen LogP contribution in [0, 0.1) is 13.8 Å². The molecule has 1 fully saturated rings. The lowest BCUT2D eigenvalue weighted by Gasteiger charge is -2.22. The van der Waals surface area contributed by atoms with Gasteiger partial charge < -0.3 is 14.1 Å². The summed E-state index contributed by atoms with van der Waals surface area (Å²) in [5, 5.41) is 0. The molecule has 0 aromatic carbocycles. The monoisotopic (exact) mass is 294 g/mol. The Balaban J connectivity index is 1.91. The summed E-state index contributed by atoms with van der Waals surface area (Å²) in [5.41, 5.74) is 0.793. The van der Waals surface area contributed by atoms with Crippen LogP contribution in [0.5, 0.6) is 0 Å². The van der Waals surface area contributed by atoms with E-state index in [0.717, 1.165) is 24.3 Å². The first-order valence-electron chi connectivity index (χ1n) is 7.42. The maximum absolute atomic E-state index is 12.1. The molecule has 0 N–H and O–H groups in total. The average Bonchev–Trinajstić information content (AvgIpc) is 3.04. The SMILES string of the molecule is CCCC(=O)N1CCCC1C(=O)OCc1nc(C)c(C)o1. The van der Waals surface area contributed by atoms with Crippen LogP contribution < -0.4 is 0 Å². The Morgan fingerprint density at radius 3 is 2.81 bits per heavy atom. The molecule has 2 rings (SSSR count). The summed E-state index contributed by atoms with van der Waals surface area (Å²) >= 11 is 0. The Morgan fingerprint density at radius 1 is 1.43 bits per heavy atom. The topological polar surface area (TPSA) is 72.6 Å². The van der Waals surface area contributed by atoms with Crippen molar-refractivity contribution < 1.29 is 18.7 Å². The highest BCUT2D eigenvalue weighted by molar-refractivity contribution is 5.85. The van der Waals surface area contributed by atoms with Gasteiger partial charge >= 0.3 is 5.97 Å². The van der Waals surface area contributed by atoms with Gasteiger partial charge in [-0.15, -0.1) is 0 Å². The molecule has 1 unspecified atom stereocenters. The molecule has 0 bridgehead atoms. The molecule has 21 heavy (non-hydrogen) atoms. The van der Waals surface area contributed by atoms with E-state index in [1.807, 2.05) is 20.8 Å². The van der Waals surface area contributed by atoms with Crippen molar-refractivity contribution in [1.29, 1.82) is 0 Å². The number of carbonyl (C=O) groups excluding carboxylic acids is 2. The van der Waals surface area contributed by atoms with Crippen LogP contribution in [0.3, 0.4) is 0 Å². The molecule has 0 spiro atoms. The van der Waals surface area contributed by atoms with Crippen LogP contribution in [-0.4, -0.2) is 34.3 Å². The molecule has 2 heterocycles. The zero-order valence-corrected chi connectivity index (χ0v) is 12.8. The zero-order chi connectivity index (χ0) is 15.4. The first kappa shape index (κ1) is 15.5. The number of amides is 1. The average molecular weight is 294 g/mol. The van der Waals surface area contributed by atoms with Crippen molar-refractivity contribution in [3.63, 3.8) is 0 Å². The van der Waals surface area contributed by atoms with E-state index in [2.05, 4.69) is 4.98 Å². The standard InChI is InChI=1S/C15H22N2O4/c1-4-6-14(18)17-8-5-7-12(17)15(19)20-9-13-16-10(2)11(3)21-13/h12H,4-9H2,1-3H3. The number of aryl methyl sites for hydroxylation is 2. The summed E-state index contributed by atoms with van der Waals surface area (Å²) < 4.78 is 10.6. The van der Waals surface area contributed by atoms with Crippen LogP contribution in [0.2, 0.25) is 0 Å². The number of hydrogen-bond acceptors (Lipinski definition) is 5. The van der Waals surface area contributed by atoms with Crippen LogP contribution in [0.1, 0.15) is 50.0 Å². The van der Waals surface area contributed by atoms with E-state index >= 15 is 0 Å². The van der Waals surface area contributed by atoms with E-state index in [-0.39, 0.29) is 18.5 Å². The lowest BCUT2D eigenvalue weighted by molar-refractivity contribution is -0.155. The molecule has 1 atom stereocenters. The third-order valence-electron chi connectivity index (χ3n) is 3.72. The van der Waals surface area contributed by atoms with E-state index in [1.54, 1.807) is 4.90 Å². The summed E-state index contributed by atoms with van der Waals surface area (Å²) in [6.45, 7) is 6.26. The fourth-order valence-corrected chi connectivity index (χ4v) is 2.50. The quantitative estimate of drug-likeness (QED) is 0.778. The predicted molar refractivity (Wildman–Crippen MR) is 75.4 cm³/mol. The van der Waals surface area contributed by atoms with Crippen molar-refractivity contribution in [2.75, 3.05) is 6.54 Å². The summed E-state index contributed by atoms with van der Waals surface area (Å²) in [7, 11) is 0. The van der Waals surface area contributed by atoms with Gasteiger partial charge in [0.2, 0.25) is 11.8 Å². The minimum Gasteiger partial charge on any atom is -0.454 e. The zero-order valence-electron chi connectivity index (χ0n) is 12.8. The predicted octanol–water partition coefficient (Wildman–Crippen LogP) is 2.13. The Kier molecular flexibility index (Phi) is 4.98. The van der Waals surface area contributed by atoms with Gasteiger partial charge in [0.25, 0.3) is 0 Å². The van der Waals surface area contributed by atoms with Crippen molar-refractivity contribution in [2.45, 2.75) is 59.1 Å². The van der Waals surface area contributed by atoms with Gasteiger partial charge in [-0.05, 0) is 33.1 Å². The molecule has 6 nitrogen and oxygen atoms in total. The van der Waals surface area contributed by atoms with Gasteiger partial charge in [0, 0.05) is 13.0 Å². The lowest BCUT2D eigenvalue weighted by Crippen LogP contribution is -2.41. The van der Waals surface area contributed by atoms with Gasteiger partial charge in [0.05, 0.1) is 5.69 Å². The van der Waals surface area contributed by atoms with E-state index in [4.69, 9.17) is 9.15 Å². The Bertz CT molecular complexity index is 504. The maximum atomic E-state index is 12.1. The molecular weight excluding hydrogens is 272 g/mol. The highest BCUT2D eigenvalue weighted by atomic mass is 16.5. The second kappa shape index (κ2) is 6.74. The molecule has 0 aliphatic carbocycles. The molecule has 1 amide bonds. The first-order valence-corrected chi connectivity index (χ1v) is 7.42. The van der Waals surface area contributed by atoms with Gasteiger partial charge in [-0.1, -0.05) is 6.92 Å². The molecule has 1 aliphatic rings. The van der Waals surface area contributed by atoms with Gasteiger partial charge in [-0.3, -0.25) is 4.79 Å². The van der Waals surface area contributed by atoms with E-state index < -0.39 is 6.04 Å². The Labute approximate surface area is 124 Å². The molecule has 1 aromatic rings. The van der Waals surface area contributed by atoms with Crippen molar-refractivity contribution in [3.05, 3.63) is 17.3 Å². The van der Waals surface area contributed by atoms with E-state index in [1.165, 1.54) is 0 Å². The van der Waals surface area contributed by atoms with Crippen LogP contribution >= 0.6 is 0 Å². The van der Waals surface area contributed by atoms with Crippen molar-refractivity contribution in [2.24, 2.45) is 0 Å². The maximum Gasteiger partial charge on any atom is 0.329 e. The van der Waals surface area contributed by atoms with Crippen molar-refractivity contribution in [1.82, 2.24) is 9.88 Å². The molecule has 1 aliphatic heterocycles. The van der Waals surface area contributed by atoms with Gasteiger partial charge in [0.1, 0.15) is 11.8 Å². The minimum atomic E-state index is -0.457. The number of esters is 1. The van der Waals surface area contributed by atoms with Gasteiger partial charge in [-0.25, -0.2) is 9.78 Å². The van der Waals surface area contributed by atoms with Crippen LogP contribution in [0.15, 0.2) is 4.42 Å². The number of carbonyl (C=O) groups is 2. The normalized spacial score (nSPS) is 18.0. The number of likely N-dealkylation sites (tertiary alicyclic amines) is 1. The van der Waals surface area contributed by atoms with Crippen LogP contribution in [0.25, 0.3) is 0 Å². The molecule has 116 valence electrons. The fourth-order valence-electron chi connectivity index (χ4n) is 2.50. The number of ether oxygens (including phenoxy) is 1. The molecule has 0 radical (unpaired) electrons. The van der Waals surface area contributed by atoms with Crippen molar-refractivity contribution >= 4 is 11.9 Å². The highest BCUT2D eigenvalue weighted by Gasteiger charge is 2.34. The lowest BCUT2D eigenvalue weighted by atomic mass is 10.2. The summed E-state index contributed by atoms with van der Waals surface area (Å²) in [5.74, 6) is 0.773. The Hall–Kier alpha value is -1.85. The minimum absolute atomic E-state index is 0.0137. The molecule has 1 aromatic heterocycles. The highest BCUT2D eigenvalue weighted by Crippen LogP contribution is 2.20. The summed E-state index contributed by atoms with van der Waals surface area (Å²) in [6.07, 6.45) is 2.76. The summed E-state index contributed by atoms with van der Waals surface area (Å²) in [6, 6.07) is -0.457. The number of aromatic nitrogens is 1. The third-order valence-corrected chi connectivity index (χ3v) is 3.72. The van der Waals surface area contributed by atoms with Crippen molar-refractivity contribution in [3.8, 4) is 0 Å². The largest absolute Gasteiger partial charge is 0.454 e. The van der Waals surface area contributed by atoms with Crippen LogP contribution in [0.4, 0.5) is 0 Å². The molecule has 1 saturated heterocycles. The molecule has 0 saturated carbocycles. The summed E-state index contributed by atoms with van der Waals surface area (Å²) in [4.78, 5) is 29.9. The number of oxazole rings is 1.